The quantitative estimate of drug-likeness (QED) is 0.913. The third-order valence-electron chi connectivity index (χ3n) is 2.83. The second-order valence-electron chi connectivity index (χ2n) is 4.58. The van der Waals surface area contributed by atoms with Gasteiger partial charge in [-0.2, -0.15) is 0 Å². The molecule has 2 aromatic rings. The number of hydrogen-bond acceptors (Lipinski definition) is 3. The Kier molecular flexibility index (Phi) is 4.04. The Morgan fingerprint density at radius 2 is 2.17 bits per heavy atom. The van der Waals surface area contributed by atoms with Crippen molar-refractivity contribution < 1.29 is 4.42 Å². The van der Waals surface area contributed by atoms with E-state index in [1.807, 2.05) is 25.1 Å². The van der Waals surface area contributed by atoms with Crippen LogP contribution < -0.4 is 5.32 Å². The number of hydrogen-bond donors (Lipinski definition) is 1. The normalized spacial score (nSPS) is 11.2. The number of halogens is 1. The van der Waals surface area contributed by atoms with Gasteiger partial charge in [-0.1, -0.05) is 37.6 Å². The van der Waals surface area contributed by atoms with Gasteiger partial charge in [0.2, 0.25) is 0 Å². The molecule has 0 unspecified atom stereocenters. The highest BCUT2D eigenvalue weighted by Gasteiger charge is 2.14. The standard InChI is InChI=1S/C14H17ClN2O/c1-9(2)16-7-13-14(18-8-17-13)11-5-4-6-12(15)10(11)3/h4-6,8-9,16H,7H2,1-3H3. The Labute approximate surface area is 112 Å². The molecule has 4 heteroatoms. The molecule has 0 aliphatic carbocycles. The van der Waals surface area contributed by atoms with E-state index in [0.29, 0.717) is 12.6 Å². The van der Waals surface area contributed by atoms with Gasteiger partial charge in [0, 0.05) is 23.2 Å². The molecule has 0 amide bonds. The largest absolute Gasteiger partial charge is 0.443 e. The predicted octanol–water partition coefficient (Wildman–Crippen LogP) is 3.80. The van der Waals surface area contributed by atoms with Gasteiger partial charge in [-0.3, -0.25) is 0 Å². The Bertz CT molecular complexity index is 534. The summed E-state index contributed by atoms with van der Waals surface area (Å²) in [7, 11) is 0. The average molecular weight is 265 g/mol. The van der Waals surface area contributed by atoms with Crippen LogP contribution in [0.4, 0.5) is 0 Å². The summed E-state index contributed by atoms with van der Waals surface area (Å²) in [5, 5.41) is 4.08. The van der Waals surface area contributed by atoms with Gasteiger partial charge in [0.15, 0.2) is 12.2 Å². The highest BCUT2D eigenvalue weighted by Crippen LogP contribution is 2.30. The molecule has 0 spiro atoms. The Balaban J connectivity index is 2.33. The van der Waals surface area contributed by atoms with Crippen LogP contribution in [0.5, 0.6) is 0 Å². The zero-order valence-electron chi connectivity index (χ0n) is 10.8. The highest BCUT2D eigenvalue weighted by atomic mass is 35.5. The Morgan fingerprint density at radius 3 is 2.89 bits per heavy atom. The van der Waals surface area contributed by atoms with E-state index in [-0.39, 0.29) is 0 Å². The van der Waals surface area contributed by atoms with Crippen molar-refractivity contribution in [1.29, 1.82) is 0 Å². The summed E-state index contributed by atoms with van der Waals surface area (Å²) in [5.41, 5.74) is 2.93. The summed E-state index contributed by atoms with van der Waals surface area (Å²) in [6.45, 7) is 6.88. The molecule has 96 valence electrons. The molecular formula is C14H17ClN2O. The molecule has 18 heavy (non-hydrogen) atoms. The summed E-state index contributed by atoms with van der Waals surface area (Å²) in [4.78, 5) is 4.26. The molecule has 0 bridgehead atoms. The lowest BCUT2D eigenvalue weighted by Crippen LogP contribution is -2.22. The maximum absolute atomic E-state index is 6.13. The third-order valence-corrected chi connectivity index (χ3v) is 3.24. The molecule has 1 N–H and O–H groups in total. The summed E-state index contributed by atoms with van der Waals surface area (Å²) < 4.78 is 5.51. The first-order valence-corrected chi connectivity index (χ1v) is 6.38. The smallest absolute Gasteiger partial charge is 0.181 e. The number of aromatic nitrogens is 1. The predicted molar refractivity (Wildman–Crippen MR) is 73.7 cm³/mol. The van der Waals surface area contributed by atoms with Crippen molar-refractivity contribution in [2.24, 2.45) is 0 Å². The topological polar surface area (TPSA) is 38.1 Å². The molecule has 3 nitrogen and oxygen atoms in total. The van der Waals surface area contributed by atoms with E-state index in [1.165, 1.54) is 6.39 Å². The van der Waals surface area contributed by atoms with Crippen LogP contribution >= 0.6 is 11.6 Å². The van der Waals surface area contributed by atoms with E-state index >= 15 is 0 Å². The van der Waals surface area contributed by atoms with Crippen molar-refractivity contribution in [3.8, 4) is 11.3 Å². The van der Waals surface area contributed by atoms with E-state index < -0.39 is 0 Å². The van der Waals surface area contributed by atoms with Gasteiger partial charge in [0.05, 0.1) is 0 Å². The number of nitrogens with one attached hydrogen (secondary N) is 1. The molecule has 1 aromatic carbocycles. The van der Waals surface area contributed by atoms with Crippen LogP contribution in [0, 0.1) is 6.92 Å². The molecule has 0 aliphatic rings. The second kappa shape index (κ2) is 5.55. The van der Waals surface area contributed by atoms with Crippen LogP contribution in [0.15, 0.2) is 29.0 Å². The average Bonchev–Trinajstić information content (AvgIpc) is 2.78. The maximum Gasteiger partial charge on any atom is 0.181 e. The van der Waals surface area contributed by atoms with Crippen LogP contribution in [0.3, 0.4) is 0 Å². The van der Waals surface area contributed by atoms with E-state index in [4.69, 9.17) is 16.0 Å². The molecule has 2 rings (SSSR count). The monoisotopic (exact) mass is 264 g/mol. The lowest BCUT2D eigenvalue weighted by molar-refractivity contribution is 0.562. The minimum absolute atomic E-state index is 0.412. The third kappa shape index (κ3) is 2.74. The summed E-state index contributed by atoms with van der Waals surface area (Å²) >= 11 is 6.13. The van der Waals surface area contributed by atoms with Gasteiger partial charge in [-0.25, -0.2) is 4.98 Å². The zero-order valence-corrected chi connectivity index (χ0v) is 11.6. The zero-order chi connectivity index (χ0) is 13.1. The number of benzene rings is 1. The fourth-order valence-electron chi connectivity index (χ4n) is 1.77. The van der Waals surface area contributed by atoms with Crippen molar-refractivity contribution in [2.75, 3.05) is 0 Å². The lowest BCUT2D eigenvalue weighted by Gasteiger charge is -2.09. The Hall–Kier alpha value is -1.32. The maximum atomic E-state index is 6.13. The molecule has 0 atom stereocenters. The van der Waals surface area contributed by atoms with Crippen LogP contribution in [-0.2, 0) is 6.54 Å². The van der Waals surface area contributed by atoms with Crippen LogP contribution in [0.2, 0.25) is 5.02 Å². The van der Waals surface area contributed by atoms with Gasteiger partial charge < -0.3 is 9.73 Å². The van der Waals surface area contributed by atoms with Crippen molar-refractivity contribution >= 4 is 11.6 Å². The fourth-order valence-corrected chi connectivity index (χ4v) is 1.94. The molecule has 1 aromatic heterocycles. The SMILES string of the molecule is Cc1c(Cl)cccc1-c1ocnc1CNC(C)C. The van der Waals surface area contributed by atoms with Crippen LogP contribution in [-0.4, -0.2) is 11.0 Å². The molecule has 1 heterocycles. The summed E-state index contributed by atoms with van der Waals surface area (Å²) in [6, 6.07) is 6.21. The minimum atomic E-state index is 0.412. The van der Waals surface area contributed by atoms with Crippen molar-refractivity contribution in [3.63, 3.8) is 0 Å². The molecular weight excluding hydrogens is 248 g/mol. The molecule has 0 saturated heterocycles. The lowest BCUT2D eigenvalue weighted by atomic mass is 10.1. The summed E-state index contributed by atoms with van der Waals surface area (Å²) in [6.07, 6.45) is 1.48. The Morgan fingerprint density at radius 1 is 1.39 bits per heavy atom. The molecule has 0 fully saturated rings. The molecule has 0 saturated carbocycles. The first kappa shape index (κ1) is 13.1. The fraction of sp³-hybridized carbons (Fsp3) is 0.357. The van der Waals surface area contributed by atoms with Gasteiger partial charge >= 0.3 is 0 Å². The highest BCUT2D eigenvalue weighted by molar-refractivity contribution is 6.31. The van der Waals surface area contributed by atoms with Crippen molar-refractivity contribution in [1.82, 2.24) is 10.3 Å². The van der Waals surface area contributed by atoms with Crippen LogP contribution in [0.1, 0.15) is 25.1 Å². The minimum Gasteiger partial charge on any atom is -0.443 e. The van der Waals surface area contributed by atoms with Gasteiger partial charge in [0.25, 0.3) is 0 Å². The first-order chi connectivity index (χ1) is 8.59. The van der Waals surface area contributed by atoms with E-state index in [0.717, 1.165) is 27.6 Å². The number of oxazole rings is 1. The van der Waals surface area contributed by atoms with Gasteiger partial charge in [-0.05, 0) is 18.6 Å². The summed E-state index contributed by atoms with van der Waals surface area (Å²) in [5.74, 6) is 0.795. The van der Waals surface area contributed by atoms with Crippen LogP contribution in [0.25, 0.3) is 11.3 Å². The first-order valence-electron chi connectivity index (χ1n) is 6.01. The number of rotatable bonds is 4. The van der Waals surface area contributed by atoms with E-state index in [1.54, 1.807) is 0 Å². The molecule has 0 aliphatic heterocycles. The van der Waals surface area contributed by atoms with E-state index in [9.17, 15) is 0 Å². The molecule has 0 radical (unpaired) electrons. The van der Waals surface area contributed by atoms with Gasteiger partial charge in [0.1, 0.15) is 5.69 Å². The van der Waals surface area contributed by atoms with E-state index in [2.05, 4.69) is 24.1 Å². The second-order valence-corrected chi connectivity index (χ2v) is 4.98. The van der Waals surface area contributed by atoms with Crippen molar-refractivity contribution in [2.45, 2.75) is 33.4 Å². The van der Waals surface area contributed by atoms with Gasteiger partial charge in [-0.15, -0.1) is 0 Å². The number of nitrogens with zero attached hydrogens (tertiary/aromatic N) is 1. The van der Waals surface area contributed by atoms with Crippen molar-refractivity contribution in [3.05, 3.63) is 40.9 Å².